The zero-order valence-corrected chi connectivity index (χ0v) is 18.0. The lowest BCUT2D eigenvalue weighted by Gasteiger charge is -2.13. The van der Waals surface area contributed by atoms with Crippen molar-refractivity contribution in [3.63, 3.8) is 0 Å². The number of carbonyl (C=O) groups excluding carboxylic acids is 1. The molecule has 2 heterocycles. The molecule has 0 aliphatic rings. The fourth-order valence-corrected chi connectivity index (χ4v) is 4.70. The molecule has 1 aromatic carbocycles. The highest BCUT2D eigenvalue weighted by molar-refractivity contribution is 8.00. The second-order valence-corrected chi connectivity index (χ2v) is 8.85. The molecule has 3 aromatic rings. The van der Waals surface area contributed by atoms with E-state index in [4.69, 9.17) is 0 Å². The molecule has 5 nitrogen and oxygen atoms in total. The summed E-state index contributed by atoms with van der Waals surface area (Å²) >= 11 is 2.73. The molecule has 146 valence electrons. The second-order valence-electron chi connectivity index (χ2n) is 6.68. The number of nitrogens with zero attached hydrogens (tertiary/aromatic N) is 2. The van der Waals surface area contributed by atoms with E-state index in [1.54, 1.807) is 20.0 Å². The van der Waals surface area contributed by atoms with E-state index in [-0.39, 0.29) is 16.7 Å². The van der Waals surface area contributed by atoms with Gasteiger partial charge in [0.25, 0.3) is 5.56 Å². The largest absolute Gasteiger partial charge is 0.352 e. The third-order valence-corrected chi connectivity index (χ3v) is 6.68. The summed E-state index contributed by atoms with van der Waals surface area (Å²) in [6.07, 6.45) is 1.63. The zero-order valence-electron chi connectivity index (χ0n) is 16.4. The highest BCUT2D eigenvalue weighted by Gasteiger charge is 2.20. The first kappa shape index (κ1) is 20.4. The predicted octanol–water partition coefficient (Wildman–Crippen LogP) is 4.06. The molecule has 0 fully saturated rings. The Labute approximate surface area is 172 Å². The van der Waals surface area contributed by atoms with Crippen molar-refractivity contribution in [2.24, 2.45) is 7.05 Å². The summed E-state index contributed by atoms with van der Waals surface area (Å²) in [5.74, 6) is -0.110. The number of aryl methyl sites for hydroxylation is 2. The van der Waals surface area contributed by atoms with Crippen LogP contribution in [-0.2, 0) is 11.8 Å². The number of nitrogens with one attached hydrogen (secondary N) is 1. The molecule has 0 saturated carbocycles. The van der Waals surface area contributed by atoms with Crippen LogP contribution in [0.3, 0.4) is 0 Å². The van der Waals surface area contributed by atoms with Crippen LogP contribution < -0.4 is 10.9 Å². The lowest BCUT2D eigenvalue weighted by atomic mass is 10.0. The van der Waals surface area contributed by atoms with E-state index < -0.39 is 0 Å². The average Bonchev–Trinajstić information content (AvgIpc) is 3.09. The normalized spacial score (nSPS) is 12.1. The number of carbonyl (C=O) groups is 1. The number of amides is 1. The van der Waals surface area contributed by atoms with Gasteiger partial charge in [-0.25, -0.2) is 4.98 Å². The third kappa shape index (κ3) is 3.91. The summed E-state index contributed by atoms with van der Waals surface area (Å²) in [4.78, 5) is 30.6. The minimum Gasteiger partial charge on any atom is -0.352 e. The Hall–Kier alpha value is -2.38. The molecule has 0 unspecified atom stereocenters. The Morgan fingerprint density at radius 2 is 2.14 bits per heavy atom. The lowest BCUT2D eigenvalue weighted by molar-refractivity contribution is -0.120. The Kier molecular flexibility index (Phi) is 6.05. The highest BCUT2D eigenvalue weighted by Crippen LogP contribution is 2.33. The van der Waals surface area contributed by atoms with Gasteiger partial charge in [-0.15, -0.1) is 17.9 Å². The molecule has 0 bridgehead atoms. The van der Waals surface area contributed by atoms with E-state index in [1.807, 2.05) is 11.4 Å². The van der Waals surface area contributed by atoms with Gasteiger partial charge < -0.3 is 5.32 Å². The van der Waals surface area contributed by atoms with E-state index in [1.165, 1.54) is 38.8 Å². The summed E-state index contributed by atoms with van der Waals surface area (Å²) in [7, 11) is 1.70. The number of fused-ring (bicyclic) bond motifs is 1. The second kappa shape index (κ2) is 8.32. The number of thiophene rings is 1. The van der Waals surface area contributed by atoms with Gasteiger partial charge in [0.1, 0.15) is 4.83 Å². The minimum atomic E-state index is -0.366. The third-order valence-electron chi connectivity index (χ3n) is 4.66. The van der Waals surface area contributed by atoms with Gasteiger partial charge in [-0.2, -0.15) is 0 Å². The Balaban J connectivity index is 2.00. The van der Waals surface area contributed by atoms with Crippen LogP contribution in [-0.4, -0.2) is 27.3 Å². The van der Waals surface area contributed by atoms with Crippen LogP contribution in [0.1, 0.15) is 18.1 Å². The van der Waals surface area contributed by atoms with Crippen molar-refractivity contribution in [1.82, 2.24) is 14.9 Å². The molecule has 2 aromatic heterocycles. The Bertz CT molecular complexity index is 1110. The van der Waals surface area contributed by atoms with E-state index >= 15 is 0 Å². The van der Waals surface area contributed by atoms with Crippen LogP contribution in [0.15, 0.2) is 46.2 Å². The molecule has 0 aliphatic carbocycles. The number of aromatic nitrogens is 2. The maximum atomic E-state index is 13.1. The summed E-state index contributed by atoms with van der Waals surface area (Å²) in [5.41, 5.74) is 4.24. The van der Waals surface area contributed by atoms with Crippen molar-refractivity contribution in [3.05, 3.63) is 57.7 Å². The van der Waals surface area contributed by atoms with Crippen LogP contribution in [0, 0.1) is 13.8 Å². The quantitative estimate of drug-likeness (QED) is 0.376. The summed E-state index contributed by atoms with van der Waals surface area (Å²) in [5, 5.41) is 5.55. The Morgan fingerprint density at radius 3 is 2.82 bits per heavy atom. The zero-order chi connectivity index (χ0) is 20.4. The molecule has 7 heteroatoms. The van der Waals surface area contributed by atoms with Crippen LogP contribution in [0.25, 0.3) is 21.3 Å². The molecule has 1 N–H and O–H groups in total. The van der Waals surface area contributed by atoms with Gasteiger partial charge in [0.15, 0.2) is 5.16 Å². The first-order valence-corrected chi connectivity index (χ1v) is 10.7. The van der Waals surface area contributed by atoms with Crippen molar-refractivity contribution < 1.29 is 4.79 Å². The van der Waals surface area contributed by atoms with Gasteiger partial charge in [-0.05, 0) is 37.5 Å². The van der Waals surface area contributed by atoms with Crippen molar-refractivity contribution in [1.29, 1.82) is 0 Å². The van der Waals surface area contributed by atoms with Gasteiger partial charge in [0.05, 0.1) is 10.6 Å². The molecule has 0 spiro atoms. The smallest absolute Gasteiger partial charge is 0.263 e. The number of thioether (sulfide) groups is 1. The monoisotopic (exact) mass is 413 g/mol. The van der Waals surface area contributed by atoms with E-state index in [9.17, 15) is 9.59 Å². The fourth-order valence-electron chi connectivity index (χ4n) is 2.81. The first-order valence-electron chi connectivity index (χ1n) is 8.94. The molecule has 3 rings (SSSR count). The molecule has 1 amide bonds. The highest BCUT2D eigenvalue weighted by atomic mass is 32.2. The topological polar surface area (TPSA) is 64.0 Å². The van der Waals surface area contributed by atoms with Crippen LogP contribution in [0.2, 0.25) is 0 Å². The number of benzene rings is 1. The average molecular weight is 414 g/mol. The van der Waals surface area contributed by atoms with E-state index in [0.29, 0.717) is 21.9 Å². The molecular weight excluding hydrogens is 390 g/mol. The van der Waals surface area contributed by atoms with Gasteiger partial charge in [0, 0.05) is 24.5 Å². The maximum absolute atomic E-state index is 13.1. The van der Waals surface area contributed by atoms with E-state index in [2.05, 4.69) is 42.9 Å². The first-order chi connectivity index (χ1) is 13.3. The molecule has 0 saturated heterocycles. The number of hydrogen-bond acceptors (Lipinski definition) is 5. The fraction of sp³-hybridized carbons (Fsp3) is 0.286. The predicted molar refractivity (Wildman–Crippen MR) is 118 cm³/mol. The maximum Gasteiger partial charge on any atom is 0.263 e. The van der Waals surface area contributed by atoms with Crippen molar-refractivity contribution in [2.75, 3.05) is 6.54 Å². The molecular formula is C21H23N3O2S2. The Morgan fingerprint density at radius 1 is 1.39 bits per heavy atom. The molecule has 28 heavy (non-hydrogen) atoms. The number of hydrogen-bond donors (Lipinski definition) is 1. The SMILES string of the molecule is C=CCNC(=O)[C@H](C)Sc1nc2scc(-c3ccc(C)c(C)c3)c2c(=O)n1C. The standard InChI is InChI=1S/C21H23N3O2S2/c1-6-9-22-18(25)14(4)28-21-23-19-17(20(26)24(21)5)16(11-27-19)15-8-7-12(2)13(3)10-15/h6-8,10-11,14H,1,9H2,2-5H3,(H,22,25)/t14-/m0/s1. The van der Waals surface area contributed by atoms with Crippen LogP contribution >= 0.6 is 23.1 Å². The summed E-state index contributed by atoms with van der Waals surface area (Å²) in [6.45, 7) is 9.95. The molecule has 0 radical (unpaired) electrons. The summed E-state index contributed by atoms with van der Waals surface area (Å²) in [6, 6.07) is 6.21. The van der Waals surface area contributed by atoms with Gasteiger partial charge in [0.2, 0.25) is 5.91 Å². The lowest BCUT2D eigenvalue weighted by Crippen LogP contribution is -2.31. The minimum absolute atomic E-state index is 0.0966. The summed E-state index contributed by atoms with van der Waals surface area (Å²) < 4.78 is 1.53. The van der Waals surface area contributed by atoms with Gasteiger partial charge in [-0.3, -0.25) is 14.2 Å². The van der Waals surface area contributed by atoms with Crippen molar-refractivity contribution in [2.45, 2.75) is 31.2 Å². The van der Waals surface area contributed by atoms with Crippen LogP contribution in [0.5, 0.6) is 0 Å². The number of rotatable bonds is 6. The van der Waals surface area contributed by atoms with Crippen molar-refractivity contribution in [3.8, 4) is 11.1 Å². The molecule has 0 aliphatic heterocycles. The van der Waals surface area contributed by atoms with Crippen molar-refractivity contribution >= 4 is 39.2 Å². The van der Waals surface area contributed by atoms with Gasteiger partial charge in [-0.1, -0.05) is 36.0 Å². The molecule has 1 atom stereocenters. The van der Waals surface area contributed by atoms with Crippen LogP contribution in [0.4, 0.5) is 0 Å². The van der Waals surface area contributed by atoms with E-state index in [0.717, 1.165) is 11.1 Å². The van der Waals surface area contributed by atoms with Gasteiger partial charge >= 0.3 is 0 Å².